The number of aliphatic hydroxyl groups excluding tert-OH is 1. The third kappa shape index (κ3) is 0.506. The molecule has 0 spiro atoms. The van der Waals surface area contributed by atoms with Gasteiger partial charge in [0.05, 0.1) is 30.5 Å². The van der Waals surface area contributed by atoms with E-state index in [-0.39, 0.29) is 6.10 Å². The Morgan fingerprint density at radius 2 is 1.54 bits per heavy atom. The monoisotopic (exact) mass is 180 g/mol. The first-order valence-corrected chi connectivity index (χ1v) is 5.35. The van der Waals surface area contributed by atoms with Gasteiger partial charge in [0.15, 0.2) is 0 Å². The Bertz CT molecular complexity index is 292. The first-order chi connectivity index (χ1) is 6.36. The summed E-state index contributed by atoms with van der Waals surface area (Å²) in [4.78, 5) is 0. The number of fused-ring (bicyclic) bond motifs is 6. The Morgan fingerprint density at radius 3 is 2.46 bits per heavy atom. The second-order valence-corrected chi connectivity index (χ2v) is 5.33. The summed E-state index contributed by atoms with van der Waals surface area (Å²) >= 11 is 0. The van der Waals surface area contributed by atoms with Gasteiger partial charge in [-0.25, -0.2) is 0 Å². The first-order valence-electron chi connectivity index (χ1n) is 5.35. The molecule has 0 aromatic rings. The van der Waals surface area contributed by atoms with Crippen molar-refractivity contribution in [3.05, 3.63) is 0 Å². The Labute approximate surface area is 76.0 Å². The highest BCUT2D eigenvalue weighted by Gasteiger charge is 2.79. The van der Waals surface area contributed by atoms with Crippen molar-refractivity contribution < 1.29 is 14.6 Å². The molecule has 5 aliphatic rings. The molecule has 9 unspecified atom stereocenters. The molecule has 2 heterocycles. The molecule has 0 aromatic heterocycles. The van der Waals surface area contributed by atoms with Crippen LogP contribution in [0.15, 0.2) is 0 Å². The lowest BCUT2D eigenvalue weighted by Crippen LogP contribution is -2.25. The number of epoxide rings is 2. The van der Waals surface area contributed by atoms with Gasteiger partial charge in [-0.3, -0.25) is 0 Å². The van der Waals surface area contributed by atoms with Crippen LogP contribution >= 0.6 is 0 Å². The van der Waals surface area contributed by atoms with E-state index < -0.39 is 0 Å². The van der Waals surface area contributed by atoms with Crippen molar-refractivity contribution in [1.29, 1.82) is 0 Å². The van der Waals surface area contributed by atoms with Crippen LogP contribution in [-0.4, -0.2) is 35.6 Å². The zero-order valence-electron chi connectivity index (χ0n) is 7.17. The normalized spacial score (nSPS) is 80.5. The summed E-state index contributed by atoms with van der Waals surface area (Å²) in [6, 6.07) is 0. The predicted octanol–water partition coefficient (Wildman–Crippen LogP) is -0.222. The van der Waals surface area contributed by atoms with Crippen LogP contribution in [0.25, 0.3) is 0 Å². The molecular weight excluding hydrogens is 168 g/mol. The van der Waals surface area contributed by atoms with Crippen LogP contribution in [-0.2, 0) is 9.47 Å². The van der Waals surface area contributed by atoms with E-state index in [1.165, 1.54) is 0 Å². The van der Waals surface area contributed by atoms with Gasteiger partial charge >= 0.3 is 0 Å². The maximum atomic E-state index is 9.92. The van der Waals surface area contributed by atoms with E-state index in [9.17, 15) is 5.11 Å². The van der Waals surface area contributed by atoms with Gasteiger partial charge in [-0.2, -0.15) is 0 Å². The molecule has 3 aliphatic carbocycles. The minimum absolute atomic E-state index is 0.0971. The molecule has 13 heavy (non-hydrogen) atoms. The maximum absolute atomic E-state index is 9.92. The summed E-state index contributed by atoms with van der Waals surface area (Å²) in [6.07, 6.45) is 2.76. The van der Waals surface area contributed by atoms with Crippen LogP contribution in [0.1, 0.15) is 6.42 Å². The Morgan fingerprint density at radius 1 is 0.846 bits per heavy atom. The van der Waals surface area contributed by atoms with Crippen molar-refractivity contribution >= 4 is 0 Å². The summed E-state index contributed by atoms with van der Waals surface area (Å²) in [5, 5.41) is 9.92. The molecule has 70 valence electrons. The van der Waals surface area contributed by atoms with Crippen LogP contribution in [0.3, 0.4) is 0 Å². The van der Waals surface area contributed by atoms with Crippen molar-refractivity contribution in [2.45, 2.75) is 36.9 Å². The summed E-state index contributed by atoms with van der Waals surface area (Å²) in [6.45, 7) is 0. The van der Waals surface area contributed by atoms with E-state index in [1.54, 1.807) is 0 Å². The Kier molecular flexibility index (Phi) is 0.773. The summed E-state index contributed by atoms with van der Waals surface area (Å²) in [5.74, 6) is 2.55. The van der Waals surface area contributed by atoms with Gasteiger partial charge in [0, 0.05) is 11.8 Å². The number of hydrogen-bond donors (Lipinski definition) is 1. The molecule has 3 heteroatoms. The zero-order chi connectivity index (χ0) is 8.32. The molecule has 2 aliphatic heterocycles. The number of aliphatic hydroxyl groups is 1. The number of rotatable bonds is 0. The molecule has 5 rings (SSSR count). The van der Waals surface area contributed by atoms with Gasteiger partial charge in [0.1, 0.15) is 0 Å². The molecule has 5 fully saturated rings. The highest BCUT2D eigenvalue weighted by atomic mass is 16.6. The van der Waals surface area contributed by atoms with Crippen molar-refractivity contribution in [3.8, 4) is 0 Å². The van der Waals surface area contributed by atoms with Crippen molar-refractivity contribution in [3.63, 3.8) is 0 Å². The average molecular weight is 180 g/mol. The molecule has 1 N–H and O–H groups in total. The van der Waals surface area contributed by atoms with E-state index in [1.807, 2.05) is 0 Å². The van der Waals surface area contributed by atoms with E-state index >= 15 is 0 Å². The molecule has 3 saturated carbocycles. The van der Waals surface area contributed by atoms with Gasteiger partial charge in [-0.1, -0.05) is 0 Å². The molecule has 0 aromatic carbocycles. The van der Waals surface area contributed by atoms with Gasteiger partial charge < -0.3 is 14.6 Å². The van der Waals surface area contributed by atoms with Crippen LogP contribution < -0.4 is 0 Å². The largest absolute Gasteiger partial charge is 0.393 e. The Balaban J connectivity index is 1.69. The number of ether oxygens (including phenoxy) is 2. The van der Waals surface area contributed by atoms with Gasteiger partial charge in [0.25, 0.3) is 0 Å². The number of hydrogen-bond acceptors (Lipinski definition) is 3. The SMILES string of the molecule is OC1CC2C3OC3C3C4OC4C1C23. The third-order valence-electron chi connectivity index (χ3n) is 5.02. The van der Waals surface area contributed by atoms with Crippen molar-refractivity contribution in [2.24, 2.45) is 23.7 Å². The van der Waals surface area contributed by atoms with Crippen LogP contribution in [0.2, 0.25) is 0 Å². The summed E-state index contributed by atoms with van der Waals surface area (Å²) in [5.41, 5.74) is 0. The van der Waals surface area contributed by atoms with E-state index in [2.05, 4.69) is 0 Å². The second kappa shape index (κ2) is 1.58. The lowest BCUT2D eigenvalue weighted by molar-refractivity contribution is 0.0626. The standard InChI is InChI=1S/C10H12O3/c11-3-1-2-4-5(3)8-10(13-8)6(4)9-7(2)12-9/h2-11H,1H2. The fraction of sp³-hybridized carbons (Fsp3) is 1.00. The molecule has 0 bridgehead atoms. The molecule has 3 nitrogen and oxygen atoms in total. The first kappa shape index (κ1) is 6.38. The smallest absolute Gasteiger partial charge is 0.0902 e. The van der Waals surface area contributed by atoms with Crippen LogP contribution in [0.4, 0.5) is 0 Å². The average Bonchev–Trinajstić information content (AvgIpc) is 2.98. The fourth-order valence-corrected chi connectivity index (χ4v) is 4.64. The molecular formula is C10H12O3. The van der Waals surface area contributed by atoms with Gasteiger partial charge in [0.2, 0.25) is 0 Å². The fourth-order valence-electron chi connectivity index (χ4n) is 4.64. The zero-order valence-corrected chi connectivity index (χ0v) is 7.17. The van der Waals surface area contributed by atoms with E-state index in [4.69, 9.17) is 9.47 Å². The predicted molar refractivity (Wildman–Crippen MR) is 41.9 cm³/mol. The highest BCUT2D eigenvalue weighted by Crippen LogP contribution is 2.70. The van der Waals surface area contributed by atoms with E-state index in [0.29, 0.717) is 42.2 Å². The van der Waals surface area contributed by atoms with Gasteiger partial charge in [-0.15, -0.1) is 0 Å². The molecule has 0 amide bonds. The molecule has 2 saturated heterocycles. The highest BCUT2D eigenvalue weighted by molar-refractivity contribution is 5.25. The molecule has 9 atom stereocenters. The van der Waals surface area contributed by atoms with Crippen LogP contribution in [0.5, 0.6) is 0 Å². The minimum Gasteiger partial charge on any atom is -0.393 e. The van der Waals surface area contributed by atoms with Crippen molar-refractivity contribution in [2.75, 3.05) is 0 Å². The molecule has 0 radical (unpaired) electrons. The topological polar surface area (TPSA) is 45.3 Å². The minimum atomic E-state index is -0.0971. The summed E-state index contributed by atoms with van der Waals surface area (Å²) < 4.78 is 11.3. The van der Waals surface area contributed by atoms with Gasteiger partial charge in [-0.05, 0) is 18.3 Å². The summed E-state index contributed by atoms with van der Waals surface area (Å²) in [7, 11) is 0. The lowest BCUT2D eigenvalue weighted by Gasteiger charge is -2.20. The maximum Gasteiger partial charge on any atom is 0.0902 e. The second-order valence-electron chi connectivity index (χ2n) is 5.33. The van der Waals surface area contributed by atoms with Crippen LogP contribution in [0, 0.1) is 23.7 Å². The van der Waals surface area contributed by atoms with Crippen molar-refractivity contribution in [1.82, 2.24) is 0 Å². The lowest BCUT2D eigenvalue weighted by atomic mass is 9.90. The van der Waals surface area contributed by atoms with E-state index in [0.717, 1.165) is 12.3 Å². The quantitative estimate of drug-likeness (QED) is 0.524. The third-order valence-corrected chi connectivity index (χ3v) is 5.02. The Hall–Kier alpha value is -0.120.